The van der Waals surface area contributed by atoms with Crippen molar-refractivity contribution in [3.63, 3.8) is 0 Å². The van der Waals surface area contributed by atoms with Crippen LogP contribution in [-0.4, -0.2) is 25.5 Å². The fraction of sp³-hybridized carbons (Fsp3) is 0.125. The first-order valence-electron chi connectivity index (χ1n) is 7.01. The Labute approximate surface area is 143 Å². The molecule has 8 heteroatoms. The van der Waals surface area contributed by atoms with Crippen LogP contribution in [-0.2, 0) is 14.1 Å². The molecule has 1 amide bonds. The molecular formula is C16H13ClN6O. The molecule has 0 aliphatic carbocycles. The summed E-state index contributed by atoms with van der Waals surface area (Å²) in [5, 5.41) is 20.4. The van der Waals surface area contributed by atoms with Crippen molar-refractivity contribution in [2.45, 2.75) is 0 Å². The Morgan fingerprint density at radius 1 is 1.29 bits per heavy atom. The maximum absolute atomic E-state index is 12.6. The van der Waals surface area contributed by atoms with Gasteiger partial charge in [0.05, 0.1) is 22.3 Å². The van der Waals surface area contributed by atoms with Crippen LogP contribution in [0, 0.1) is 11.3 Å². The second kappa shape index (κ2) is 6.18. The summed E-state index contributed by atoms with van der Waals surface area (Å²) in [5.74, 6) is -0.317. The van der Waals surface area contributed by atoms with Gasteiger partial charge in [0.15, 0.2) is 0 Å². The van der Waals surface area contributed by atoms with E-state index in [1.165, 1.54) is 6.07 Å². The van der Waals surface area contributed by atoms with Gasteiger partial charge >= 0.3 is 0 Å². The Hall–Kier alpha value is -3.11. The number of hydrogen-bond donors (Lipinski definition) is 1. The summed E-state index contributed by atoms with van der Waals surface area (Å²) < 4.78 is 3.22. The first kappa shape index (κ1) is 15.8. The molecular weight excluding hydrogens is 328 g/mol. The van der Waals surface area contributed by atoms with Crippen LogP contribution in [0.4, 0.5) is 5.69 Å². The van der Waals surface area contributed by atoms with Crippen molar-refractivity contribution in [2.24, 2.45) is 14.1 Å². The van der Waals surface area contributed by atoms with E-state index in [1.807, 2.05) is 6.07 Å². The Bertz CT molecular complexity index is 965. The third kappa shape index (κ3) is 3.00. The fourth-order valence-electron chi connectivity index (χ4n) is 2.29. The number of anilines is 1. The SMILES string of the molecule is Cn1cc(-c2nn(C)cc2C(=O)Nc2ccc(C#N)c(Cl)c2)cn1. The normalized spacial score (nSPS) is 10.4. The molecule has 2 aromatic heterocycles. The van der Waals surface area contributed by atoms with Crippen LogP contribution in [0.3, 0.4) is 0 Å². The second-order valence-corrected chi connectivity index (χ2v) is 5.64. The predicted octanol–water partition coefficient (Wildman–Crippen LogP) is 2.60. The van der Waals surface area contributed by atoms with E-state index in [0.29, 0.717) is 22.5 Å². The smallest absolute Gasteiger partial charge is 0.259 e. The Morgan fingerprint density at radius 3 is 2.71 bits per heavy atom. The largest absolute Gasteiger partial charge is 0.322 e. The number of nitrogens with zero attached hydrogens (tertiary/aromatic N) is 5. The minimum atomic E-state index is -0.317. The van der Waals surface area contributed by atoms with Crippen molar-refractivity contribution in [3.8, 4) is 17.3 Å². The molecule has 0 saturated carbocycles. The number of rotatable bonds is 3. The van der Waals surface area contributed by atoms with Crippen LogP contribution in [0.5, 0.6) is 0 Å². The van der Waals surface area contributed by atoms with Crippen LogP contribution >= 0.6 is 11.6 Å². The lowest BCUT2D eigenvalue weighted by Gasteiger charge is -2.06. The Morgan fingerprint density at radius 2 is 2.08 bits per heavy atom. The summed E-state index contributed by atoms with van der Waals surface area (Å²) >= 11 is 5.99. The molecule has 3 aromatic rings. The summed E-state index contributed by atoms with van der Waals surface area (Å²) in [6.07, 6.45) is 5.08. The lowest BCUT2D eigenvalue weighted by atomic mass is 10.1. The van der Waals surface area contributed by atoms with Gasteiger partial charge in [0, 0.05) is 37.7 Å². The van der Waals surface area contributed by atoms with Crippen molar-refractivity contribution in [1.29, 1.82) is 5.26 Å². The minimum absolute atomic E-state index is 0.286. The number of carbonyl (C=O) groups is 1. The summed E-state index contributed by atoms with van der Waals surface area (Å²) in [6, 6.07) is 6.70. The number of halogens is 1. The highest BCUT2D eigenvalue weighted by molar-refractivity contribution is 6.32. The van der Waals surface area contributed by atoms with E-state index < -0.39 is 0 Å². The lowest BCUT2D eigenvalue weighted by molar-refractivity contribution is 0.102. The average molecular weight is 341 g/mol. The van der Waals surface area contributed by atoms with Crippen LogP contribution in [0.1, 0.15) is 15.9 Å². The third-order valence-corrected chi connectivity index (χ3v) is 3.71. The summed E-state index contributed by atoms with van der Waals surface area (Å²) in [5.41, 5.74) is 2.58. The summed E-state index contributed by atoms with van der Waals surface area (Å²) in [4.78, 5) is 12.6. The third-order valence-electron chi connectivity index (χ3n) is 3.40. The van der Waals surface area contributed by atoms with E-state index in [1.54, 1.807) is 54.2 Å². The monoisotopic (exact) mass is 340 g/mol. The number of nitriles is 1. The zero-order valence-electron chi connectivity index (χ0n) is 13.0. The molecule has 0 saturated heterocycles. The molecule has 120 valence electrons. The second-order valence-electron chi connectivity index (χ2n) is 5.23. The predicted molar refractivity (Wildman–Crippen MR) is 89.5 cm³/mol. The van der Waals surface area contributed by atoms with E-state index in [-0.39, 0.29) is 10.9 Å². The molecule has 1 N–H and O–H groups in total. The van der Waals surface area contributed by atoms with E-state index in [2.05, 4.69) is 15.5 Å². The molecule has 0 spiro atoms. The van der Waals surface area contributed by atoms with Crippen molar-refractivity contribution in [1.82, 2.24) is 19.6 Å². The van der Waals surface area contributed by atoms with Gasteiger partial charge in [-0.25, -0.2) is 0 Å². The van der Waals surface area contributed by atoms with Crippen molar-refractivity contribution in [3.05, 3.63) is 52.9 Å². The maximum atomic E-state index is 12.6. The number of nitrogens with one attached hydrogen (secondary N) is 1. The van der Waals surface area contributed by atoms with Gasteiger partial charge in [0.1, 0.15) is 11.8 Å². The van der Waals surface area contributed by atoms with E-state index >= 15 is 0 Å². The molecule has 2 heterocycles. The molecule has 1 aromatic carbocycles. The van der Waals surface area contributed by atoms with Crippen molar-refractivity contribution in [2.75, 3.05) is 5.32 Å². The first-order valence-corrected chi connectivity index (χ1v) is 7.39. The van der Waals surface area contributed by atoms with Gasteiger partial charge in [-0.15, -0.1) is 0 Å². The molecule has 0 aliphatic heterocycles. The van der Waals surface area contributed by atoms with Crippen LogP contribution < -0.4 is 5.32 Å². The van der Waals surface area contributed by atoms with Crippen LogP contribution in [0.15, 0.2) is 36.8 Å². The standard InChI is InChI=1S/C16H13ClN6O/c1-22-8-11(7-19-22)15-13(9-23(2)21-15)16(24)20-12-4-3-10(6-18)14(17)5-12/h3-5,7-9H,1-2H3,(H,20,24). The fourth-order valence-corrected chi connectivity index (χ4v) is 2.52. The molecule has 24 heavy (non-hydrogen) atoms. The molecule has 0 fully saturated rings. The Balaban J connectivity index is 1.91. The molecule has 0 atom stereocenters. The number of aryl methyl sites for hydroxylation is 2. The quantitative estimate of drug-likeness (QED) is 0.793. The first-order chi connectivity index (χ1) is 11.5. The van der Waals surface area contributed by atoms with Gasteiger partial charge in [0.2, 0.25) is 0 Å². The number of hydrogen-bond acceptors (Lipinski definition) is 4. The molecule has 7 nitrogen and oxygen atoms in total. The van der Waals surface area contributed by atoms with E-state index in [9.17, 15) is 4.79 Å². The molecule has 0 radical (unpaired) electrons. The van der Waals surface area contributed by atoms with E-state index in [0.717, 1.165) is 5.56 Å². The number of amides is 1. The molecule has 0 bridgehead atoms. The highest BCUT2D eigenvalue weighted by atomic mass is 35.5. The molecule has 0 aliphatic rings. The Kier molecular flexibility index (Phi) is 4.06. The average Bonchev–Trinajstić information content (AvgIpc) is 3.13. The summed E-state index contributed by atoms with van der Waals surface area (Å²) in [7, 11) is 3.54. The van der Waals surface area contributed by atoms with Gasteiger partial charge < -0.3 is 5.32 Å². The van der Waals surface area contributed by atoms with Crippen LogP contribution in [0.2, 0.25) is 5.02 Å². The minimum Gasteiger partial charge on any atom is -0.322 e. The molecule has 0 unspecified atom stereocenters. The van der Waals surface area contributed by atoms with Gasteiger partial charge in [0.25, 0.3) is 5.91 Å². The van der Waals surface area contributed by atoms with Gasteiger partial charge in [-0.1, -0.05) is 11.6 Å². The number of carbonyl (C=O) groups excluding carboxylic acids is 1. The van der Waals surface area contributed by atoms with Gasteiger partial charge in [-0.2, -0.15) is 15.5 Å². The highest BCUT2D eigenvalue weighted by Crippen LogP contribution is 2.24. The number of benzene rings is 1. The van der Waals surface area contributed by atoms with Gasteiger partial charge in [-0.05, 0) is 18.2 Å². The van der Waals surface area contributed by atoms with Crippen molar-refractivity contribution >= 4 is 23.2 Å². The van der Waals surface area contributed by atoms with Gasteiger partial charge in [-0.3, -0.25) is 14.2 Å². The molecule has 3 rings (SSSR count). The van der Waals surface area contributed by atoms with Crippen molar-refractivity contribution < 1.29 is 4.79 Å². The highest BCUT2D eigenvalue weighted by Gasteiger charge is 2.18. The zero-order chi connectivity index (χ0) is 17.3. The van der Waals surface area contributed by atoms with E-state index in [4.69, 9.17) is 16.9 Å². The maximum Gasteiger partial charge on any atom is 0.259 e. The number of aromatic nitrogens is 4. The zero-order valence-corrected chi connectivity index (χ0v) is 13.7. The summed E-state index contributed by atoms with van der Waals surface area (Å²) in [6.45, 7) is 0. The lowest BCUT2D eigenvalue weighted by Crippen LogP contribution is -2.12. The topological polar surface area (TPSA) is 88.5 Å². The van der Waals surface area contributed by atoms with Crippen LogP contribution in [0.25, 0.3) is 11.3 Å².